The summed E-state index contributed by atoms with van der Waals surface area (Å²) < 4.78 is 5.99. The van der Waals surface area contributed by atoms with E-state index in [9.17, 15) is 0 Å². The van der Waals surface area contributed by atoms with E-state index in [2.05, 4.69) is 48.1 Å². The van der Waals surface area contributed by atoms with Gasteiger partial charge >= 0.3 is 0 Å². The van der Waals surface area contributed by atoms with Crippen LogP contribution in [-0.2, 0) is 6.42 Å². The first-order valence-electron chi connectivity index (χ1n) is 12.3. The quantitative estimate of drug-likeness (QED) is 0.338. The number of aryl methyl sites for hydroxylation is 1. The average Bonchev–Trinajstić information content (AvgIpc) is 2.79. The zero-order valence-corrected chi connectivity index (χ0v) is 19.1. The lowest BCUT2D eigenvalue weighted by Gasteiger charge is -2.28. The topological polar surface area (TPSA) is 35.0 Å². The second kappa shape index (κ2) is 12.7. The molecule has 3 rings (SSSR count). The van der Waals surface area contributed by atoms with Gasteiger partial charge in [-0.3, -0.25) is 9.97 Å². The van der Waals surface area contributed by atoms with E-state index >= 15 is 0 Å². The molecule has 1 heterocycles. The summed E-state index contributed by atoms with van der Waals surface area (Å²) in [6, 6.07) is 8.27. The fraction of sp³-hybridized carbons (Fsp3) is 0.630. The number of aromatic nitrogens is 2. The monoisotopic (exact) mass is 408 g/mol. The molecule has 1 aromatic carbocycles. The van der Waals surface area contributed by atoms with Crippen LogP contribution in [0.1, 0.15) is 90.2 Å². The number of hydrogen-bond donors (Lipinski definition) is 0. The molecule has 0 amide bonds. The van der Waals surface area contributed by atoms with Crippen LogP contribution >= 0.6 is 0 Å². The van der Waals surface area contributed by atoms with Crippen molar-refractivity contribution in [1.29, 1.82) is 0 Å². The van der Waals surface area contributed by atoms with E-state index in [0.717, 1.165) is 60.4 Å². The van der Waals surface area contributed by atoms with Crippen LogP contribution in [0, 0.1) is 11.8 Å². The summed E-state index contributed by atoms with van der Waals surface area (Å²) in [7, 11) is 0. The standard InChI is InChI=1S/C27H40N2O/c1-3-5-6-9-22-11-13-23(14-12-22)10-7-19-30-26-17-15-24(16-18-26)27-21-28-25(8-4-2)20-29-27/h15-18,20-23H,3-14,19H2,1-2H3. The maximum absolute atomic E-state index is 5.99. The Balaban J connectivity index is 1.33. The van der Waals surface area contributed by atoms with Crippen LogP contribution < -0.4 is 4.74 Å². The molecule has 30 heavy (non-hydrogen) atoms. The maximum atomic E-state index is 5.99. The van der Waals surface area contributed by atoms with Gasteiger partial charge in [-0.25, -0.2) is 0 Å². The number of rotatable bonds is 12. The lowest BCUT2D eigenvalue weighted by molar-refractivity contribution is 0.228. The maximum Gasteiger partial charge on any atom is 0.119 e. The predicted molar refractivity (Wildman–Crippen MR) is 126 cm³/mol. The van der Waals surface area contributed by atoms with E-state index < -0.39 is 0 Å². The van der Waals surface area contributed by atoms with Gasteiger partial charge in [0.25, 0.3) is 0 Å². The van der Waals surface area contributed by atoms with Crippen molar-refractivity contribution in [2.24, 2.45) is 11.8 Å². The van der Waals surface area contributed by atoms with Gasteiger partial charge in [0, 0.05) is 11.8 Å². The fourth-order valence-corrected chi connectivity index (χ4v) is 4.66. The van der Waals surface area contributed by atoms with Crippen molar-refractivity contribution in [3.05, 3.63) is 42.4 Å². The molecular weight excluding hydrogens is 368 g/mol. The lowest BCUT2D eigenvalue weighted by Crippen LogP contribution is -2.15. The second-order valence-electron chi connectivity index (χ2n) is 9.04. The van der Waals surface area contributed by atoms with Gasteiger partial charge in [0.05, 0.1) is 24.2 Å². The van der Waals surface area contributed by atoms with Crippen LogP contribution in [0.4, 0.5) is 0 Å². The number of ether oxygens (including phenoxy) is 1. The summed E-state index contributed by atoms with van der Waals surface area (Å²) in [5.41, 5.74) is 3.08. The summed E-state index contributed by atoms with van der Waals surface area (Å²) in [4.78, 5) is 9.05. The van der Waals surface area contributed by atoms with Crippen molar-refractivity contribution in [3.8, 4) is 17.0 Å². The van der Waals surface area contributed by atoms with Crippen LogP contribution in [0.15, 0.2) is 36.7 Å². The largest absolute Gasteiger partial charge is 0.494 e. The van der Waals surface area contributed by atoms with Crippen molar-refractivity contribution in [3.63, 3.8) is 0 Å². The summed E-state index contributed by atoms with van der Waals surface area (Å²) in [5.74, 6) is 2.89. The van der Waals surface area contributed by atoms with Gasteiger partial charge in [0.2, 0.25) is 0 Å². The molecule has 1 saturated carbocycles. The van der Waals surface area contributed by atoms with Crippen LogP contribution in [-0.4, -0.2) is 16.6 Å². The Labute approximate surface area is 183 Å². The summed E-state index contributed by atoms with van der Waals surface area (Å²) in [5, 5.41) is 0. The van der Waals surface area contributed by atoms with Crippen LogP contribution in [0.25, 0.3) is 11.3 Å². The van der Waals surface area contributed by atoms with E-state index in [1.54, 1.807) is 0 Å². The SMILES string of the molecule is CCCCCC1CCC(CCCOc2ccc(-c3cnc(CCC)cn3)cc2)CC1. The van der Waals surface area contributed by atoms with E-state index in [1.165, 1.54) is 57.8 Å². The first kappa shape index (κ1) is 22.8. The van der Waals surface area contributed by atoms with Crippen LogP contribution in [0.5, 0.6) is 5.75 Å². The molecule has 0 aliphatic heterocycles. The highest BCUT2D eigenvalue weighted by Crippen LogP contribution is 2.34. The first-order chi connectivity index (χ1) is 14.8. The zero-order valence-electron chi connectivity index (χ0n) is 19.1. The normalized spacial score (nSPS) is 19.0. The highest BCUT2D eigenvalue weighted by atomic mass is 16.5. The first-order valence-corrected chi connectivity index (χ1v) is 12.3. The number of benzene rings is 1. The lowest BCUT2D eigenvalue weighted by atomic mass is 9.78. The third-order valence-electron chi connectivity index (χ3n) is 6.57. The molecule has 3 heteroatoms. The predicted octanol–water partition coefficient (Wildman–Crippen LogP) is 7.64. The van der Waals surface area contributed by atoms with E-state index in [4.69, 9.17) is 4.74 Å². The molecule has 0 spiro atoms. The van der Waals surface area contributed by atoms with E-state index in [-0.39, 0.29) is 0 Å². The smallest absolute Gasteiger partial charge is 0.119 e. The zero-order chi connectivity index (χ0) is 21.0. The van der Waals surface area contributed by atoms with Crippen molar-refractivity contribution in [1.82, 2.24) is 9.97 Å². The van der Waals surface area contributed by atoms with E-state index in [1.807, 2.05) is 12.4 Å². The van der Waals surface area contributed by atoms with Gasteiger partial charge in [-0.1, -0.05) is 71.6 Å². The van der Waals surface area contributed by atoms with Crippen LogP contribution in [0.3, 0.4) is 0 Å². The molecule has 2 aromatic rings. The van der Waals surface area contributed by atoms with Crippen molar-refractivity contribution in [2.75, 3.05) is 6.61 Å². The van der Waals surface area contributed by atoms with Gasteiger partial charge in [-0.15, -0.1) is 0 Å². The summed E-state index contributed by atoms with van der Waals surface area (Å²) >= 11 is 0. The third-order valence-corrected chi connectivity index (χ3v) is 6.57. The van der Waals surface area contributed by atoms with Gasteiger partial charge < -0.3 is 4.74 Å². The molecule has 1 aliphatic carbocycles. The Morgan fingerprint density at radius 1 is 0.800 bits per heavy atom. The molecule has 1 aromatic heterocycles. The Bertz CT molecular complexity index is 703. The average molecular weight is 409 g/mol. The summed E-state index contributed by atoms with van der Waals surface area (Å²) in [6.07, 6.45) is 19.8. The number of hydrogen-bond acceptors (Lipinski definition) is 3. The summed E-state index contributed by atoms with van der Waals surface area (Å²) in [6.45, 7) is 5.28. The van der Waals surface area contributed by atoms with Crippen LogP contribution in [0.2, 0.25) is 0 Å². The molecule has 3 nitrogen and oxygen atoms in total. The molecule has 164 valence electrons. The number of unbranched alkanes of at least 4 members (excludes halogenated alkanes) is 2. The van der Waals surface area contributed by atoms with Crippen molar-refractivity contribution < 1.29 is 4.74 Å². The minimum absolute atomic E-state index is 0.821. The van der Waals surface area contributed by atoms with Gasteiger partial charge in [-0.2, -0.15) is 0 Å². The minimum Gasteiger partial charge on any atom is -0.494 e. The highest BCUT2D eigenvalue weighted by Gasteiger charge is 2.20. The third kappa shape index (κ3) is 7.41. The van der Waals surface area contributed by atoms with Gasteiger partial charge in [0.15, 0.2) is 0 Å². The molecule has 0 radical (unpaired) electrons. The van der Waals surface area contributed by atoms with E-state index in [0.29, 0.717) is 0 Å². The Morgan fingerprint density at radius 2 is 1.50 bits per heavy atom. The van der Waals surface area contributed by atoms with Gasteiger partial charge in [-0.05, 0) is 55.4 Å². The second-order valence-corrected chi connectivity index (χ2v) is 9.04. The highest BCUT2D eigenvalue weighted by molar-refractivity contribution is 5.58. The number of nitrogens with zero attached hydrogens (tertiary/aromatic N) is 2. The molecule has 0 N–H and O–H groups in total. The fourth-order valence-electron chi connectivity index (χ4n) is 4.66. The molecule has 0 bridgehead atoms. The molecule has 0 unspecified atom stereocenters. The Morgan fingerprint density at radius 3 is 2.10 bits per heavy atom. The minimum atomic E-state index is 0.821. The Hall–Kier alpha value is -1.90. The van der Waals surface area contributed by atoms with Crippen molar-refractivity contribution in [2.45, 2.75) is 90.9 Å². The Kier molecular flexibility index (Phi) is 9.66. The molecular formula is C27H40N2O. The molecule has 1 aliphatic rings. The van der Waals surface area contributed by atoms with Crippen molar-refractivity contribution >= 4 is 0 Å². The molecule has 0 atom stereocenters. The molecule has 0 saturated heterocycles. The van der Waals surface area contributed by atoms with Gasteiger partial charge in [0.1, 0.15) is 5.75 Å². The molecule has 1 fully saturated rings.